The van der Waals surface area contributed by atoms with E-state index >= 15 is 0 Å². The van der Waals surface area contributed by atoms with E-state index in [1.165, 1.54) is 25.3 Å². The highest BCUT2D eigenvalue weighted by Gasteiger charge is 2.20. The van der Waals surface area contributed by atoms with Gasteiger partial charge in [-0.2, -0.15) is 0 Å². The van der Waals surface area contributed by atoms with E-state index in [4.69, 9.17) is 39.5 Å². The molecule has 23 heavy (non-hydrogen) atoms. The third kappa shape index (κ3) is 4.58. The number of carbonyl (C=O) groups is 2. The summed E-state index contributed by atoms with van der Waals surface area (Å²) in [6, 6.07) is 7.73. The van der Waals surface area contributed by atoms with Gasteiger partial charge in [0.2, 0.25) is 0 Å². The molecular formula is C15H11Cl3N2O3. The van der Waals surface area contributed by atoms with Crippen LogP contribution in [0.15, 0.2) is 36.5 Å². The Morgan fingerprint density at radius 3 is 2.57 bits per heavy atom. The number of carbonyl (C=O) groups excluding carboxylic acids is 2. The van der Waals surface area contributed by atoms with Crippen LogP contribution in [0.4, 0.5) is 5.69 Å². The molecule has 1 amide bonds. The maximum Gasteiger partial charge on any atom is 0.340 e. The molecule has 1 unspecified atom stereocenters. The normalized spacial score (nSPS) is 11.7. The van der Waals surface area contributed by atoms with E-state index in [1.807, 2.05) is 0 Å². The summed E-state index contributed by atoms with van der Waals surface area (Å²) in [5.74, 6) is -1.22. The maximum absolute atomic E-state index is 12.1. The van der Waals surface area contributed by atoms with Crippen LogP contribution in [0.1, 0.15) is 17.3 Å². The van der Waals surface area contributed by atoms with Crippen molar-refractivity contribution in [1.29, 1.82) is 0 Å². The van der Waals surface area contributed by atoms with Crippen molar-refractivity contribution in [2.75, 3.05) is 5.32 Å². The zero-order valence-electron chi connectivity index (χ0n) is 11.8. The summed E-state index contributed by atoms with van der Waals surface area (Å²) in [7, 11) is 0. The SMILES string of the molecule is CC(OC(=O)c1ccc(Cl)nc1)C(=O)Nc1cccc(Cl)c1Cl. The minimum absolute atomic E-state index is 0.190. The Kier molecular flexibility index (Phi) is 5.82. The molecule has 0 spiro atoms. The molecule has 5 nitrogen and oxygen atoms in total. The van der Waals surface area contributed by atoms with Crippen molar-refractivity contribution >= 4 is 52.4 Å². The lowest BCUT2D eigenvalue weighted by Gasteiger charge is -2.14. The van der Waals surface area contributed by atoms with Crippen LogP contribution in [0.5, 0.6) is 0 Å². The van der Waals surface area contributed by atoms with Gasteiger partial charge in [0.15, 0.2) is 6.10 Å². The average molecular weight is 374 g/mol. The number of hydrogen-bond acceptors (Lipinski definition) is 4. The minimum atomic E-state index is -1.03. The summed E-state index contributed by atoms with van der Waals surface area (Å²) in [5.41, 5.74) is 0.523. The summed E-state index contributed by atoms with van der Waals surface area (Å²) in [4.78, 5) is 27.8. The third-order valence-electron chi connectivity index (χ3n) is 2.83. The summed E-state index contributed by atoms with van der Waals surface area (Å²) in [6.45, 7) is 1.44. The Morgan fingerprint density at radius 2 is 1.91 bits per heavy atom. The molecule has 0 aliphatic rings. The lowest BCUT2D eigenvalue weighted by Crippen LogP contribution is -2.30. The van der Waals surface area contributed by atoms with Crippen LogP contribution in [0.2, 0.25) is 15.2 Å². The number of esters is 1. The van der Waals surface area contributed by atoms with E-state index in [1.54, 1.807) is 18.2 Å². The number of ether oxygens (including phenoxy) is 1. The molecule has 0 aliphatic carbocycles. The first-order valence-electron chi connectivity index (χ1n) is 6.46. The van der Waals surface area contributed by atoms with Crippen LogP contribution in [0.3, 0.4) is 0 Å². The highest BCUT2D eigenvalue weighted by molar-refractivity contribution is 6.44. The number of benzene rings is 1. The van der Waals surface area contributed by atoms with Crippen molar-refractivity contribution in [3.8, 4) is 0 Å². The zero-order chi connectivity index (χ0) is 17.0. The summed E-state index contributed by atoms with van der Waals surface area (Å²) in [5, 5.41) is 3.32. The summed E-state index contributed by atoms with van der Waals surface area (Å²) in [6.07, 6.45) is 0.233. The predicted octanol–water partition coefficient (Wildman–Crippen LogP) is 4.23. The molecule has 2 aromatic rings. The summed E-state index contributed by atoms with van der Waals surface area (Å²) >= 11 is 17.5. The van der Waals surface area contributed by atoms with Gasteiger partial charge in [-0.15, -0.1) is 0 Å². The van der Waals surface area contributed by atoms with E-state index in [9.17, 15) is 9.59 Å². The standard InChI is InChI=1S/C15H11Cl3N2O3/c1-8(23-15(22)9-5-6-12(17)19-7-9)14(21)20-11-4-2-3-10(16)13(11)18/h2-8H,1H3,(H,20,21). The Morgan fingerprint density at radius 1 is 1.17 bits per heavy atom. The van der Waals surface area contributed by atoms with E-state index in [-0.39, 0.29) is 15.7 Å². The van der Waals surface area contributed by atoms with E-state index in [0.717, 1.165) is 0 Å². The van der Waals surface area contributed by atoms with Crippen molar-refractivity contribution < 1.29 is 14.3 Å². The van der Waals surface area contributed by atoms with Gasteiger partial charge in [0, 0.05) is 6.20 Å². The lowest BCUT2D eigenvalue weighted by atomic mass is 10.2. The molecular weight excluding hydrogens is 363 g/mol. The number of nitrogens with zero attached hydrogens (tertiary/aromatic N) is 1. The minimum Gasteiger partial charge on any atom is -0.449 e. The molecule has 120 valence electrons. The van der Waals surface area contributed by atoms with Crippen LogP contribution in [0, 0.1) is 0 Å². The van der Waals surface area contributed by atoms with Gasteiger partial charge in [0.25, 0.3) is 5.91 Å². The number of anilines is 1. The highest BCUT2D eigenvalue weighted by atomic mass is 35.5. The number of aromatic nitrogens is 1. The number of pyridine rings is 1. The largest absolute Gasteiger partial charge is 0.449 e. The number of amides is 1. The second-order valence-electron chi connectivity index (χ2n) is 4.51. The second-order valence-corrected chi connectivity index (χ2v) is 5.68. The van der Waals surface area contributed by atoms with Gasteiger partial charge in [-0.05, 0) is 31.2 Å². The topological polar surface area (TPSA) is 68.3 Å². The molecule has 0 aliphatic heterocycles. The van der Waals surface area contributed by atoms with Crippen molar-refractivity contribution in [2.45, 2.75) is 13.0 Å². The van der Waals surface area contributed by atoms with Crippen LogP contribution >= 0.6 is 34.8 Å². The first-order chi connectivity index (χ1) is 10.9. The quantitative estimate of drug-likeness (QED) is 0.643. The fourth-order valence-electron chi connectivity index (χ4n) is 1.61. The molecule has 0 saturated carbocycles. The average Bonchev–Trinajstić information content (AvgIpc) is 2.52. The van der Waals surface area contributed by atoms with Gasteiger partial charge in [-0.3, -0.25) is 4.79 Å². The van der Waals surface area contributed by atoms with Crippen molar-refractivity contribution in [3.63, 3.8) is 0 Å². The fraction of sp³-hybridized carbons (Fsp3) is 0.133. The molecule has 2 rings (SSSR count). The van der Waals surface area contributed by atoms with Crippen LogP contribution in [-0.4, -0.2) is 23.0 Å². The predicted molar refractivity (Wildman–Crippen MR) is 89.2 cm³/mol. The van der Waals surface area contributed by atoms with E-state index in [0.29, 0.717) is 10.7 Å². The molecule has 0 bridgehead atoms. The Labute approximate surface area is 147 Å². The molecule has 1 atom stereocenters. The number of nitrogens with one attached hydrogen (secondary N) is 1. The van der Waals surface area contributed by atoms with Gasteiger partial charge < -0.3 is 10.1 Å². The number of rotatable bonds is 4. The Balaban J connectivity index is 2.01. The highest BCUT2D eigenvalue weighted by Crippen LogP contribution is 2.29. The molecule has 1 heterocycles. The number of halogens is 3. The molecule has 0 saturated heterocycles. The van der Waals surface area contributed by atoms with Gasteiger partial charge in [-0.25, -0.2) is 9.78 Å². The molecule has 1 N–H and O–H groups in total. The van der Waals surface area contributed by atoms with Crippen molar-refractivity contribution in [2.24, 2.45) is 0 Å². The molecule has 0 fully saturated rings. The Bertz CT molecular complexity index is 735. The zero-order valence-corrected chi connectivity index (χ0v) is 14.1. The van der Waals surface area contributed by atoms with E-state index in [2.05, 4.69) is 10.3 Å². The third-order valence-corrected chi connectivity index (χ3v) is 3.87. The number of hydrogen-bond donors (Lipinski definition) is 1. The Hall–Kier alpha value is -1.82. The van der Waals surface area contributed by atoms with Gasteiger partial charge >= 0.3 is 5.97 Å². The lowest BCUT2D eigenvalue weighted by molar-refractivity contribution is -0.123. The molecule has 1 aromatic heterocycles. The van der Waals surface area contributed by atoms with Gasteiger partial charge in [0.05, 0.1) is 21.3 Å². The van der Waals surface area contributed by atoms with Crippen LogP contribution in [0.25, 0.3) is 0 Å². The molecule has 8 heteroatoms. The monoisotopic (exact) mass is 372 g/mol. The molecule has 1 aromatic carbocycles. The first-order valence-corrected chi connectivity index (χ1v) is 7.59. The van der Waals surface area contributed by atoms with E-state index < -0.39 is 18.0 Å². The van der Waals surface area contributed by atoms with Crippen molar-refractivity contribution in [3.05, 3.63) is 57.3 Å². The van der Waals surface area contributed by atoms with Crippen LogP contribution < -0.4 is 5.32 Å². The smallest absolute Gasteiger partial charge is 0.340 e. The fourth-order valence-corrected chi connectivity index (χ4v) is 2.07. The van der Waals surface area contributed by atoms with Crippen LogP contribution in [-0.2, 0) is 9.53 Å². The first kappa shape index (κ1) is 17.5. The molecule has 0 radical (unpaired) electrons. The summed E-state index contributed by atoms with van der Waals surface area (Å²) < 4.78 is 5.07. The second kappa shape index (κ2) is 7.64. The van der Waals surface area contributed by atoms with Gasteiger partial charge in [0.1, 0.15) is 5.15 Å². The maximum atomic E-state index is 12.1. The van der Waals surface area contributed by atoms with Gasteiger partial charge in [-0.1, -0.05) is 40.9 Å². The van der Waals surface area contributed by atoms with Crippen molar-refractivity contribution in [1.82, 2.24) is 4.98 Å².